The smallest absolute Gasteiger partial charge is 0.247 e. The Labute approximate surface area is 192 Å². The number of rotatable bonds is 7. The Morgan fingerprint density at radius 2 is 1.74 bits per heavy atom. The number of carbonyl (C=O) groups excluding carboxylic acids is 2. The van der Waals surface area contributed by atoms with Gasteiger partial charge in [-0.1, -0.05) is 55.6 Å². The summed E-state index contributed by atoms with van der Waals surface area (Å²) in [6, 6.07) is 11.9. The van der Waals surface area contributed by atoms with E-state index in [0.717, 1.165) is 25.7 Å². The van der Waals surface area contributed by atoms with Crippen molar-refractivity contribution < 1.29 is 14.0 Å². The van der Waals surface area contributed by atoms with E-state index in [-0.39, 0.29) is 36.1 Å². The third-order valence-electron chi connectivity index (χ3n) is 5.89. The maximum Gasteiger partial charge on any atom is 0.247 e. The predicted octanol–water partition coefficient (Wildman–Crippen LogP) is 5.48. The van der Waals surface area contributed by atoms with Crippen molar-refractivity contribution in [3.63, 3.8) is 0 Å². The van der Waals surface area contributed by atoms with Crippen LogP contribution in [0.5, 0.6) is 0 Å². The highest BCUT2D eigenvalue weighted by molar-refractivity contribution is 6.30. The van der Waals surface area contributed by atoms with Crippen LogP contribution in [0.2, 0.25) is 5.02 Å². The van der Waals surface area contributed by atoms with Gasteiger partial charge in [-0.25, -0.2) is 4.39 Å². The average molecular weight is 465 g/mol. The second kappa shape index (κ2) is 11.0. The standard InChI is InChI=1S/C24H27Cl2FN2O2/c1-16-4-2-3-5-21(16)28-24(31)23(18-8-10-19(26)11-9-18)29(22(30)14-25)15-17-6-12-20(27)13-7-17/h6-13,16,21,23H,2-5,14-15H2,1H3,(H,28,31)/t16-,21-,23+/m1/s1. The quantitative estimate of drug-likeness (QED) is 0.551. The highest BCUT2D eigenvalue weighted by atomic mass is 35.5. The third kappa shape index (κ3) is 6.20. The minimum Gasteiger partial charge on any atom is -0.351 e. The van der Waals surface area contributed by atoms with Gasteiger partial charge in [0.25, 0.3) is 0 Å². The SMILES string of the molecule is C[C@@H]1CCCC[C@H]1NC(=O)[C@H](c1ccc(Cl)cc1)N(Cc1ccc(F)cc1)C(=O)CCl. The zero-order valence-corrected chi connectivity index (χ0v) is 19.0. The molecule has 166 valence electrons. The van der Waals surface area contributed by atoms with Crippen LogP contribution in [0.15, 0.2) is 48.5 Å². The Hall–Kier alpha value is -2.11. The van der Waals surface area contributed by atoms with Crippen LogP contribution in [0.3, 0.4) is 0 Å². The van der Waals surface area contributed by atoms with E-state index in [1.54, 1.807) is 36.4 Å². The van der Waals surface area contributed by atoms with E-state index in [1.165, 1.54) is 17.0 Å². The normalized spacial score (nSPS) is 19.5. The van der Waals surface area contributed by atoms with Crippen LogP contribution in [-0.4, -0.2) is 28.6 Å². The second-order valence-corrected chi connectivity index (χ2v) is 8.82. The molecule has 1 N–H and O–H groups in total. The van der Waals surface area contributed by atoms with Gasteiger partial charge in [0.05, 0.1) is 0 Å². The van der Waals surface area contributed by atoms with Gasteiger partial charge in [-0.2, -0.15) is 0 Å². The lowest BCUT2D eigenvalue weighted by Gasteiger charge is -2.35. The first-order valence-corrected chi connectivity index (χ1v) is 11.5. The van der Waals surface area contributed by atoms with Crippen molar-refractivity contribution in [2.75, 3.05) is 5.88 Å². The Bertz CT molecular complexity index is 889. The van der Waals surface area contributed by atoms with Crippen molar-refractivity contribution in [3.8, 4) is 0 Å². The first-order valence-electron chi connectivity index (χ1n) is 10.5. The lowest BCUT2D eigenvalue weighted by molar-refractivity contribution is -0.140. The molecule has 1 aliphatic carbocycles. The molecule has 31 heavy (non-hydrogen) atoms. The second-order valence-electron chi connectivity index (χ2n) is 8.11. The summed E-state index contributed by atoms with van der Waals surface area (Å²) in [5, 5.41) is 3.71. The molecule has 2 amide bonds. The van der Waals surface area contributed by atoms with Gasteiger partial charge in [-0.05, 0) is 54.2 Å². The topological polar surface area (TPSA) is 49.4 Å². The Kier molecular flexibility index (Phi) is 8.33. The molecule has 3 atom stereocenters. The largest absolute Gasteiger partial charge is 0.351 e. The van der Waals surface area contributed by atoms with Crippen LogP contribution in [-0.2, 0) is 16.1 Å². The summed E-state index contributed by atoms with van der Waals surface area (Å²) in [7, 11) is 0. The minimum absolute atomic E-state index is 0.0647. The highest BCUT2D eigenvalue weighted by Crippen LogP contribution is 2.28. The van der Waals surface area contributed by atoms with Crippen molar-refractivity contribution in [2.45, 2.75) is 51.2 Å². The van der Waals surface area contributed by atoms with E-state index in [2.05, 4.69) is 12.2 Å². The van der Waals surface area contributed by atoms with Gasteiger partial charge in [0, 0.05) is 17.6 Å². The van der Waals surface area contributed by atoms with Crippen LogP contribution in [0.25, 0.3) is 0 Å². The lowest BCUT2D eigenvalue weighted by atomic mass is 9.85. The van der Waals surface area contributed by atoms with E-state index < -0.39 is 6.04 Å². The van der Waals surface area contributed by atoms with Gasteiger partial charge in [0.1, 0.15) is 17.7 Å². The maximum atomic E-state index is 13.5. The van der Waals surface area contributed by atoms with Crippen molar-refractivity contribution in [1.82, 2.24) is 10.2 Å². The summed E-state index contributed by atoms with van der Waals surface area (Å²) < 4.78 is 13.4. The number of amides is 2. The number of nitrogens with zero attached hydrogens (tertiary/aromatic N) is 1. The first-order chi connectivity index (χ1) is 14.9. The molecule has 0 bridgehead atoms. The molecule has 7 heteroatoms. The number of nitrogens with one attached hydrogen (secondary N) is 1. The maximum absolute atomic E-state index is 13.5. The Morgan fingerprint density at radius 1 is 1.10 bits per heavy atom. The Morgan fingerprint density at radius 3 is 2.35 bits per heavy atom. The fourth-order valence-electron chi connectivity index (χ4n) is 4.10. The monoisotopic (exact) mass is 464 g/mol. The average Bonchev–Trinajstić information content (AvgIpc) is 2.77. The minimum atomic E-state index is -0.873. The van der Waals surface area contributed by atoms with Gasteiger partial charge in [0.15, 0.2) is 0 Å². The van der Waals surface area contributed by atoms with Crippen molar-refractivity contribution in [1.29, 1.82) is 0 Å². The third-order valence-corrected chi connectivity index (χ3v) is 6.37. The fraction of sp³-hybridized carbons (Fsp3) is 0.417. The molecule has 4 nitrogen and oxygen atoms in total. The molecule has 0 unspecified atom stereocenters. The molecule has 0 aromatic heterocycles. The van der Waals surface area contributed by atoms with Gasteiger partial charge < -0.3 is 10.2 Å². The van der Waals surface area contributed by atoms with Gasteiger partial charge in [-0.15, -0.1) is 11.6 Å². The summed E-state index contributed by atoms with van der Waals surface area (Å²) >= 11 is 12.0. The molecule has 1 fully saturated rings. The molecule has 0 saturated heterocycles. The molecule has 0 aliphatic heterocycles. The molecule has 2 aromatic rings. The van der Waals surface area contributed by atoms with Crippen molar-refractivity contribution in [3.05, 3.63) is 70.5 Å². The van der Waals surface area contributed by atoms with Crippen LogP contribution >= 0.6 is 23.2 Å². The lowest BCUT2D eigenvalue weighted by Crippen LogP contribution is -2.49. The number of hydrogen-bond donors (Lipinski definition) is 1. The number of carbonyl (C=O) groups is 2. The summed E-state index contributed by atoms with van der Waals surface area (Å²) in [4.78, 5) is 27.8. The van der Waals surface area contributed by atoms with E-state index in [9.17, 15) is 14.0 Å². The number of alkyl halides is 1. The molecular weight excluding hydrogens is 438 g/mol. The Balaban J connectivity index is 1.94. The van der Waals surface area contributed by atoms with E-state index in [4.69, 9.17) is 23.2 Å². The molecular formula is C24H27Cl2FN2O2. The highest BCUT2D eigenvalue weighted by Gasteiger charge is 2.33. The van der Waals surface area contributed by atoms with Crippen molar-refractivity contribution >= 4 is 35.0 Å². The summed E-state index contributed by atoms with van der Waals surface area (Å²) in [6.45, 7) is 2.27. The number of benzene rings is 2. The molecule has 2 aromatic carbocycles. The zero-order valence-electron chi connectivity index (χ0n) is 17.5. The summed E-state index contributed by atoms with van der Waals surface area (Å²) in [6.07, 6.45) is 4.22. The van der Waals surface area contributed by atoms with Gasteiger partial charge in [0.2, 0.25) is 11.8 Å². The van der Waals surface area contributed by atoms with Gasteiger partial charge >= 0.3 is 0 Å². The molecule has 0 radical (unpaired) electrons. The molecule has 1 aliphatic rings. The first kappa shape index (κ1) is 23.6. The number of hydrogen-bond acceptors (Lipinski definition) is 2. The summed E-state index contributed by atoms with van der Waals surface area (Å²) in [5.74, 6) is -0.882. The number of halogens is 3. The van der Waals surface area contributed by atoms with E-state index in [1.807, 2.05) is 0 Å². The molecule has 1 saturated carbocycles. The van der Waals surface area contributed by atoms with Crippen molar-refractivity contribution in [2.24, 2.45) is 5.92 Å². The van der Waals surface area contributed by atoms with E-state index in [0.29, 0.717) is 22.1 Å². The zero-order chi connectivity index (χ0) is 22.4. The summed E-state index contributed by atoms with van der Waals surface area (Å²) in [5.41, 5.74) is 1.35. The molecule has 3 rings (SSSR count). The van der Waals surface area contributed by atoms with Gasteiger partial charge in [-0.3, -0.25) is 9.59 Å². The fourth-order valence-corrected chi connectivity index (χ4v) is 4.38. The van der Waals surface area contributed by atoms with Crippen LogP contribution < -0.4 is 5.32 Å². The molecule has 0 spiro atoms. The van der Waals surface area contributed by atoms with E-state index >= 15 is 0 Å². The van der Waals surface area contributed by atoms with Crippen LogP contribution in [0.4, 0.5) is 4.39 Å². The molecule has 0 heterocycles. The predicted molar refractivity (Wildman–Crippen MR) is 121 cm³/mol. The van der Waals surface area contributed by atoms with Crippen LogP contribution in [0.1, 0.15) is 49.8 Å². The van der Waals surface area contributed by atoms with Crippen LogP contribution in [0, 0.1) is 11.7 Å².